The molecular formula is C17H23NO2. The predicted octanol–water partition coefficient (Wildman–Crippen LogP) is 2.46. The zero-order valence-corrected chi connectivity index (χ0v) is 12.9. The summed E-state index contributed by atoms with van der Waals surface area (Å²) in [7, 11) is 1.82. The van der Waals surface area contributed by atoms with Crippen molar-refractivity contribution in [1.29, 1.82) is 0 Å². The van der Waals surface area contributed by atoms with Crippen LogP contribution in [0, 0.1) is 24.2 Å². The molecule has 20 heavy (non-hydrogen) atoms. The zero-order valence-electron chi connectivity index (χ0n) is 12.9. The monoisotopic (exact) mass is 273 g/mol. The fourth-order valence-corrected chi connectivity index (χ4v) is 2.08. The van der Waals surface area contributed by atoms with E-state index in [0.29, 0.717) is 12.1 Å². The van der Waals surface area contributed by atoms with Crippen molar-refractivity contribution in [2.45, 2.75) is 27.7 Å². The Morgan fingerprint density at radius 2 is 2.00 bits per heavy atom. The normalized spacial score (nSPS) is 10.7. The highest BCUT2D eigenvalue weighted by molar-refractivity contribution is 5.94. The molecule has 3 heteroatoms. The number of aliphatic hydroxyl groups excluding tert-OH is 1. The summed E-state index contributed by atoms with van der Waals surface area (Å²) in [5.74, 6) is 5.51. The van der Waals surface area contributed by atoms with Gasteiger partial charge in [0, 0.05) is 24.7 Å². The van der Waals surface area contributed by atoms with Gasteiger partial charge >= 0.3 is 0 Å². The van der Waals surface area contributed by atoms with Gasteiger partial charge in [-0.1, -0.05) is 32.6 Å². The number of rotatable bonds is 2. The molecule has 1 N–H and O–H groups in total. The molecule has 0 saturated carbocycles. The van der Waals surface area contributed by atoms with E-state index in [9.17, 15) is 4.79 Å². The van der Waals surface area contributed by atoms with Gasteiger partial charge in [0.05, 0.1) is 0 Å². The van der Waals surface area contributed by atoms with Gasteiger partial charge in [-0.05, 0) is 36.1 Å². The van der Waals surface area contributed by atoms with Crippen LogP contribution in [0.5, 0.6) is 0 Å². The predicted molar refractivity (Wildman–Crippen MR) is 81.6 cm³/mol. The summed E-state index contributed by atoms with van der Waals surface area (Å²) < 4.78 is 0. The van der Waals surface area contributed by atoms with Crippen molar-refractivity contribution in [3.05, 3.63) is 34.9 Å². The minimum atomic E-state index is -0.158. The molecule has 0 aliphatic heterocycles. The van der Waals surface area contributed by atoms with E-state index in [2.05, 4.69) is 32.6 Å². The van der Waals surface area contributed by atoms with Crippen molar-refractivity contribution >= 4 is 5.91 Å². The second-order valence-electron chi connectivity index (χ2n) is 6.21. The fraction of sp³-hybridized carbons (Fsp3) is 0.471. The van der Waals surface area contributed by atoms with Crippen molar-refractivity contribution < 1.29 is 9.90 Å². The van der Waals surface area contributed by atoms with Crippen LogP contribution in [0.4, 0.5) is 0 Å². The third-order valence-electron chi connectivity index (χ3n) is 2.83. The maximum Gasteiger partial charge on any atom is 0.253 e. The summed E-state index contributed by atoms with van der Waals surface area (Å²) in [6, 6.07) is 5.47. The molecule has 0 saturated heterocycles. The fourth-order valence-electron chi connectivity index (χ4n) is 2.08. The molecule has 0 heterocycles. The molecule has 0 aliphatic carbocycles. The van der Waals surface area contributed by atoms with E-state index in [4.69, 9.17) is 5.11 Å². The van der Waals surface area contributed by atoms with Gasteiger partial charge in [0.1, 0.15) is 6.61 Å². The highest BCUT2D eigenvalue weighted by Crippen LogP contribution is 2.17. The highest BCUT2D eigenvalue weighted by atomic mass is 16.2. The Bertz CT molecular complexity index is 544. The molecule has 0 aliphatic rings. The van der Waals surface area contributed by atoms with Crippen LogP contribution in [-0.4, -0.2) is 36.1 Å². The van der Waals surface area contributed by atoms with E-state index < -0.39 is 0 Å². The third-order valence-corrected chi connectivity index (χ3v) is 2.83. The van der Waals surface area contributed by atoms with Crippen LogP contribution in [-0.2, 0) is 0 Å². The second-order valence-corrected chi connectivity index (χ2v) is 6.21. The number of amides is 1. The van der Waals surface area contributed by atoms with Crippen LogP contribution in [0.15, 0.2) is 18.2 Å². The van der Waals surface area contributed by atoms with Crippen molar-refractivity contribution in [3.8, 4) is 11.8 Å². The summed E-state index contributed by atoms with van der Waals surface area (Å²) in [5.41, 5.74) is 2.53. The van der Waals surface area contributed by atoms with Crippen LogP contribution in [0.1, 0.15) is 42.3 Å². The molecule has 0 bridgehead atoms. The van der Waals surface area contributed by atoms with Crippen LogP contribution < -0.4 is 0 Å². The second kappa shape index (κ2) is 6.58. The molecule has 1 rings (SSSR count). The highest BCUT2D eigenvalue weighted by Gasteiger charge is 2.19. The maximum atomic E-state index is 12.3. The van der Waals surface area contributed by atoms with Gasteiger partial charge in [0.15, 0.2) is 0 Å². The molecule has 0 atom stereocenters. The van der Waals surface area contributed by atoms with Gasteiger partial charge in [-0.15, -0.1) is 0 Å². The lowest BCUT2D eigenvalue weighted by Gasteiger charge is -2.26. The van der Waals surface area contributed by atoms with E-state index in [1.165, 1.54) is 0 Å². The molecule has 0 unspecified atom stereocenters. The van der Waals surface area contributed by atoms with Gasteiger partial charge in [-0.3, -0.25) is 4.79 Å². The molecule has 0 radical (unpaired) electrons. The first-order valence-corrected chi connectivity index (χ1v) is 6.70. The Kier molecular flexibility index (Phi) is 5.35. The van der Waals surface area contributed by atoms with Gasteiger partial charge in [0.2, 0.25) is 0 Å². The first-order valence-electron chi connectivity index (χ1n) is 6.70. The zero-order chi connectivity index (χ0) is 15.3. The number of carbonyl (C=O) groups excluding carboxylic acids is 1. The van der Waals surface area contributed by atoms with Crippen LogP contribution >= 0.6 is 0 Å². The number of carbonyl (C=O) groups is 1. The number of aryl methyl sites for hydroxylation is 1. The lowest BCUT2D eigenvalue weighted by molar-refractivity contribution is 0.0745. The van der Waals surface area contributed by atoms with Crippen LogP contribution in [0.25, 0.3) is 0 Å². The number of hydrogen-bond donors (Lipinski definition) is 1. The van der Waals surface area contributed by atoms with E-state index >= 15 is 0 Å². The quantitative estimate of drug-likeness (QED) is 0.841. The molecule has 0 aromatic heterocycles. The van der Waals surface area contributed by atoms with E-state index in [1.54, 1.807) is 11.0 Å². The van der Waals surface area contributed by atoms with Gasteiger partial charge in [-0.2, -0.15) is 0 Å². The molecule has 1 aromatic rings. The van der Waals surface area contributed by atoms with Gasteiger partial charge < -0.3 is 10.0 Å². The maximum absolute atomic E-state index is 12.3. The summed E-state index contributed by atoms with van der Waals surface area (Å²) in [4.78, 5) is 14.1. The molecule has 1 amide bonds. The lowest BCUT2D eigenvalue weighted by Crippen LogP contribution is -2.34. The van der Waals surface area contributed by atoms with E-state index in [1.807, 2.05) is 26.1 Å². The third kappa shape index (κ3) is 4.71. The smallest absolute Gasteiger partial charge is 0.253 e. The average Bonchev–Trinajstić information content (AvgIpc) is 2.34. The number of benzene rings is 1. The summed E-state index contributed by atoms with van der Waals surface area (Å²) in [6.45, 7) is 8.79. The summed E-state index contributed by atoms with van der Waals surface area (Å²) >= 11 is 0. The van der Waals surface area contributed by atoms with Gasteiger partial charge in [-0.25, -0.2) is 0 Å². The molecule has 3 nitrogen and oxygen atoms in total. The molecule has 0 fully saturated rings. The summed E-state index contributed by atoms with van der Waals surface area (Å²) in [5, 5.41) is 8.71. The number of nitrogens with zero attached hydrogens (tertiary/aromatic N) is 1. The Morgan fingerprint density at radius 1 is 1.35 bits per heavy atom. The van der Waals surface area contributed by atoms with E-state index in [0.717, 1.165) is 11.1 Å². The average molecular weight is 273 g/mol. The van der Waals surface area contributed by atoms with Crippen molar-refractivity contribution in [3.63, 3.8) is 0 Å². The Hall–Kier alpha value is -1.79. The minimum absolute atomic E-state index is 0.0182. The van der Waals surface area contributed by atoms with Crippen LogP contribution in [0.3, 0.4) is 0 Å². The Balaban J connectivity index is 2.92. The van der Waals surface area contributed by atoms with E-state index in [-0.39, 0.29) is 17.9 Å². The van der Waals surface area contributed by atoms with Crippen molar-refractivity contribution in [2.75, 3.05) is 20.2 Å². The lowest BCUT2D eigenvalue weighted by atomic mass is 9.96. The standard InChI is InChI=1S/C17H23NO2/c1-13-11-15(9-8-14(13)7-6-10-19)16(20)18(5)12-17(2,3)4/h8-9,11,19H,10,12H2,1-5H3. The molecule has 0 spiro atoms. The Labute approximate surface area is 121 Å². The molecule has 1 aromatic carbocycles. The first-order chi connectivity index (χ1) is 9.24. The minimum Gasteiger partial charge on any atom is -0.384 e. The molecular weight excluding hydrogens is 250 g/mol. The topological polar surface area (TPSA) is 40.5 Å². The van der Waals surface area contributed by atoms with Crippen LogP contribution in [0.2, 0.25) is 0 Å². The Morgan fingerprint density at radius 3 is 2.50 bits per heavy atom. The van der Waals surface area contributed by atoms with Gasteiger partial charge in [0.25, 0.3) is 5.91 Å². The van der Waals surface area contributed by atoms with Crippen molar-refractivity contribution in [1.82, 2.24) is 4.90 Å². The molecule has 108 valence electrons. The number of aliphatic hydroxyl groups is 1. The number of hydrogen-bond acceptors (Lipinski definition) is 2. The first kappa shape index (κ1) is 16.3. The van der Waals surface area contributed by atoms with Crippen molar-refractivity contribution in [2.24, 2.45) is 5.41 Å². The summed E-state index contributed by atoms with van der Waals surface area (Å²) in [6.07, 6.45) is 0. The largest absolute Gasteiger partial charge is 0.384 e. The SMILES string of the molecule is Cc1cc(C(=O)N(C)CC(C)(C)C)ccc1C#CCO.